The highest BCUT2D eigenvalue weighted by molar-refractivity contribution is 8.01. The minimum Gasteiger partial charge on any atom is -0.268 e. The molecular formula is C15H10Cl4N2OS. The van der Waals surface area contributed by atoms with E-state index in [1.165, 1.54) is 0 Å². The van der Waals surface area contributed by atoms with Crippen LogP contribution in [0.25, 0.3) is 10.8 Å². The predicted molar refractivity (Wildman–Crippen MR) is 98.1 cm³/mol. The maximum atomic E-state index is 12.8. The summed E-state index contributed by atoms with van der Waals surface area (Å²) in [5, 5.41) is 10.7. The zero-order valence-electron chi connectivity index (χ0n) is 11.5. The van der Waals surface area contributed by atoms with Crippen LogP contribution in [0.2, 0.25) is 0 Å². The van der Waals surface area contributed by atoms with Crippen molar-refractivity contribution in [3.63, 3.8) is 0 Å². The Balaban J connectivity index is 2.39. The number of hydrogen-bond acceptors (Lipinski definition) is 3. The van der Waals surface area contributed by atoms with Gasteiger partial charge in [-0.05, 0) is 28.8 Å². The van der Waals surface area contributed by atoms with Crippen molar-refractivity contribution < 1.29 is 4.79 Å². The summed E-state index contributed by atoms with van der Waals surface area (Å²) in [5.74, 6) is -0.395. The highest BCUT2D eigenvalue weighted by Gasteiger charge is 2.38. The van der Waals surface area contributed by atoms with E-state index in [9.17, 15) is 4.79 Å². The number of nitrogens with zero attached hydrogens (tertiary/aromatic N) is 2. The minimum atomic E-state index is -1.65. The van der Waals surface area contributed by atoms with E-state index >= 15 is 0 Å². The Morgan fingerprint density at radius 1 is 1.22 bits per heavy atom. The maximum absolute atomic E-state index is 12.8. The van der Waals surface area contributed by atoms with Crippen LogP contribution in [0.3, 0.4) is 0 Å². The van der Waals surface area contributed by atoms with Crippen LogP contribution in [0.1, 0.15) is 10.4 Å². The molecule has 0 aromatic heterocycles. The fourth-order valence-electron chi connectivity index (χ4n) is 1.94. The molecular weight excluding hydrogens is 398 g/mol. The molecule has 0 saturated carbocycles. The monoisotopic (exact) mass is 406 g/mol. The smallest absolute Gasteiger partial charge is 0.265 e. The summed E-state index contributed by atoms with van der Waals surface area (Å²) in [7, 11) is 0. The van der Waals surface area contributed by atoms with Crippen molar-refractivity contribution in [3.8, 4) is 6.07 Å². The van der Waals surface area contributed by atoms with Gasteiger partial charge in [-0.25, -0.2) is 0 Å². The fraction of sp³-hybridized carbons (Fsp3) is 0.200. The van der Waals surface area contributed by atoms with Gasteiger partial charge in [0, 0.05) is 5.56 Å². The van der Waals surface area contributed by atoms with Crippen molar-refractivity contribution in [2.24, 2.45) is 0 Å². The van der Waals surface area contributed by atoms with E-state index < -0.39 is 14.4 Å². The third-order valence-corrected chi connectivity index (χ3v) is 6.15. The molecule has 2 aromatic rings. The van der Waals surface area contributed by atoms with Gasteiger partial charge >= 0.3 is 0 Å². The first kappa shape index (κ1) is 18.5. The molecule has 23 heavy (non-hydrogen) atoms. The second kappa shape index (κ2) is 7.83. The molecule has 2 rings (SSSR count). The first-order valence-corrected chi connectivity index (χ1v) is 8.78. The van der Waals surface area contributed by atoms with Gasteiger partial charge in [0.25, 0.3) is 5.91 Å². The van der Waals surface area contributed by atoms with Crippen molar-refractivity contribution in [1.82, 2.24) is 4.31 Å². The van der Waals surface area contributed by atoms with Crippen LogP contribution in [0.4, 0.5) is 0 Å². The molecule has 2 aromatic carbocycles. The fourth-order valence-corrected chi connectivity index (χ4v) is 3.36. The molecule has 1 amide bonds. The topological polar surface area (TPSA) is 44.1 Å². The van der Waals surface area contributed by atoms with E-state index in [1.807, 2.05) is 36.4 Å². The minimum absolute atomic E-state index is 0.214. The molecule has 0 bridgehead atoms. The third kappa shape index (κ3) is 4.37. The molecule has 0 unspecified atom stereocenters. The Labute approximate surface area is 158 Å². The first-order valence-electron chi connectivity index (χ1n) is 6.38. The number of fused-ring (bicyclic) bond motifs is 1. The molecule has 8 heteroatoms. The summed E-state index contributed by atoms with van der Waals surface area (Å²) in [4.78, 5) is 11.7. The van der Waals surface area contributed by atoms with Gasteiger partial charge in [0.05, 0.1) is 6.07 Å². The molecule has 0 aliphatic rings. The average Bonchev–Trinajstić information content (AvgIpc) is 2.53. The van der Waals surface area contributed by atoms with Gasteiger partial charge in [-0.3, -0.25) is 9.10 Å². The second-order valence-corrected chi connectivity index (χ2v) is 8.68. The molecule has 0 saturated heterocycles. The van der Waals surface area contributed by atoms with Gasteiger partial charge in [-0.15, -0.1) is 23.2 Å². The molecule has 0 aliphatic heterocycles. The molecule has 0 radical (unpaired) electrons. The lowest BCUT2D eigenvalue weighted by molar-refractivity contribution is 0.0883. The van der Waals surface area contributed by atoms with Crippen molar-refractivity contribution in [2.75, 3.05) is 6.54 Å². The summed E-state index contributed by atoms with van der Waals surface area (Å²) < 4.78 is -0.500. The number of rotatable bonds is 5. The van der Waals surface area contributed by atoms with Gasteiger partial charge in [0.1, 0.15) is 6.54 Å². The van der Waals surface area contributed by atoms with Gasteiger partial charge in [-0.1, -0.05) is 59.6 Å². The van der Waals surface area contributed by atoms with Gasteiger partial charge < -0.3 is 0 Å². The summed E-state index contributed by atoms with van der Waals surface area (Å²) in [6, 6.07) is 14.7. The number of nitriles is 1. The molecule has 120 valence electrons. The number of alkyl halides is 4. The normalized spacial score (nSPS) is 11.5. The van der Waals surface area contributed by atoms with Crippen LogP contribution < -0.4 is 0 Å². The molecule has 0 N–H and O–H groups in total. The predicted octanol–water partition coefficient (Wildman–Crippen LogP) is 5.39. The lowest BCUT2D eigenvalue weighted by atomic mass is 10.0. The number of carbonyl (C=O) groups excluding carboxylic acids is 1. The Kier molecular flexibility index (Phi) is 6.30. The molecule has 0 fully saturated rings. The van der Waals surface area contributed by atoms with E-state index in [-0.39, 0.29) is 6.54 Å². The highest BCUT2D eigenvalue weighted by atomic mass is 35.5. The Bertz CT molecular complexity index is 755. The van der Waals surface area contributed by atoms with E-state index in [2.05, 4.69) is 0 Å². The lowest BCUT2D eigenvalue weighted by Gasteiger charge is -2.27. The van der Waals surface area contributed by atoms with Gasteiger partial charge in [-0.2, -0.15) is 5.26 Å². The maximum Gasteiger partial charge on any atom is 0.265 e. The third-order valence-electron chi connectivity index (χ3n) is 2.95. The SMILES string of the molecule is N#CCN(SC(Cl)(Cl)C(Cl)Cl)C(=O)c1cccc2ccccc12. The summed E-state index contributed by atoms with van der Waals surface area (Å²) >= 11 is 24.2. The average molecular weight is 408 g/mol. The zero-order chi connectivity index (χ0) is 17.0. The number of amides is 1. The lowest BCUT2D eigenvalue weighted by Crippen LogP contribution is -2.32. The summed E-state index contributed by atoms with van der Waals surface area (Å²) in [5.41, 5.74) is 0.440. The van der Waals surface area contributed by atoms with Crippen molar-refractivity contribution >= 4 is 75.0 Å². The van der Waals surface area contributed by atoms with Crippen molar-refractivity contribution in [2.45, 2.75) is 8.50 Å². The van der Waals surface area contributed by atoms with Crippen LogP contribution in [0, 0.1) is 11.3 Å². The number of hydrogen-bond donors (Lipinski definition) is 0. The number of carbonyl (C=O) groups is 1. The Hall–Kier alpha value is -0.830. The highest BCUT2D eigenvalue weighted by Crippen LogP contribution is 2.44. The van der Waals surface area contributed by atoms with Crippen molar-refractivity contribution in [3.05, 3.63) is 48.0 Å². The summed E-state index contributed by atoms with van der Waals surface area (Å²) in [6.45, 7) is -0.214. The van der Waals surface area contributed by atoms with Crippen molar-refractivity contribution in [1.29, 1.82) is 5.26 Å². The number of halogens is 4. The van der Waals surface area contributed by atoms with E-state index in [0.717, 1.165) is 27.0 Å². The Morgan fingerprint density at radius 2 is 1.87 bits per heavy atom. The van der Waals surface area contributed by atoms with E-state index in [4.69, 9.17) is 51.7 Å². The quantitative estimate of drug-likeness (QED) is 0.379. The Morgan fingerprint density at radius 3 is 2.52 bits per heavy atom. The second-order valence-electron chi connectivity index (χ2n) is 4.48. The van der Waals surface area contributed by atoms with Crippen LogP contribution in [0.15, 0.2) is 42.5 Å². The van der Waals surface area contributed by atoms with Crippen LogP contribution >= 0.6 is 58.4 Å². The largest absolute Gasteiger partial charge is 0.268 e. The van der Waals surface area contributed by atoms with Gasteiger partial charge in [0.2, 0.25) is 3.67 Å². The van der Waals surface area contributed by atoms with Crippen LogP contribution in [0.5, 0.6) is 0 Å². The van der Waals surface area contributed by atoms with Gasteiger partial charge in [0.15, 0.2) is 4.84 Å². The molecule has 0 aliphatic carbocycles. The van der Waals surface area contributed by atoms with E-state index in [1.54, 1.807) is 12.1 Å². The zero-order valence-corrected chi connectivity index (χ0v) is 15.4. The standard InChI is InChI=1S/C15H10Cl4N2OS/c16-14(17)15(18,19)23-21(9-8-20)13(22)12-7-3-5-10-4-1-2-6-11(10)12/h1-7,14H,9H2. The van der Waals surface area contributed by atoms with E-state index in [0.29, 0.717) is 5.56 Å². The summed E-state index contributed by atoms with van der Waals surface area (Å²) in [6.07, 6.45) is 0. The van der Waals surface area contributed by atoms with Crippen LogP contribution in [-0.4, -0.2) is 25.3 Å². The first-order chi connectivity index (χ1) is 10.9. The molecule has 0 atom stereocenters. The molecule has 0 spiro atoms. The molecule has 3 nitrogen and oxygen atoms in total. The molecule has 0 heterocycles. The van der Waals surface area contributed by atoms with Crippen LogP contribution in [-0.2, 0) is 0 Å². The number of benzene rings is 2.